The third-order valence-corrected chi connectivity index (χ3v) is 2.90. The molecule has 0 aromatic carbocycles. The minimum absolute atomic E-state index is 0.0376. The summed E-state index contributed by atoms with van der Waals surface area (Å²) < 4.78 is 8.92. The largest absolute Gasteiger partial charge is 0.469 e. The van der Waals surface area contributed by atoms with Crippen molar-refractivity contribution in [3.63, 3.8) is 0 Å². The van der Waals surface area contributed by atoms with Gasteiger partial charge in [-0.1, -0.05) is 6.07 Å². The molecular weight excluding hydrogens is 318 g/mol. The molecule has 0 spiro atoms. The van der Waals surface area contributed by atoms with Gasteiger partial charge in [0.2, 0.25) is 0 Å². The Labute approximate surface area is 138 Å². The Balaban J connectivity index is 2.55. The molecule has 0 fully saturated rings. The predicted octanol–water partition coefficient (Wildman–Crippen LogP) is -0.333. The molecule has 24 heavy (non-hydrogen) atoms. The third kappa shape index (κ3) is 6.42. The first-order chi connectivity index (χ1) is 11.5. The summed E-state index contributed by atoms with van der Waals surface area (Å²) in [6, 6.07) is 4.40. The average Bonchev–Trinajstić information content (AvgIpc) is 2.61. The first-order valence-corrected chi connectivity index (χ1v) is 7.15. The molecule has 1 heterocycles. The number of nitrogens with one attached hydrogen (secondary N) is 2. The van der Waals surface area contributed by atoms with Crippen LogP contribution in [0.15, 0.2) is 18.2 Å². The smallest absolute Gasteiger partial charge is 0.307 e. The van der Waals surface area contributed by atoms with E-state index in [0.29, 0.717) is 0 Å². The molecule has 0 unspecified atom stereocenters. The van der Waals surface area contributed by atoms with Crippen LogP contribution in [0, 0.1) is 0 Å². The van der Waals surface area contributed by atoms with E-state index in [1.165, 1.54) is 32.4 Å². The fourth-order valence-corrected chi connectivity index (χ4v) is 1.63. The fourth-order valence-electron chi connectivity index (χ4n) is 1.63. The number of aromatic nitrogens is 1. The number of methoxy groups -OCH3 is 2. The minimum Gasteiger partial charge on any atom is -0.469 e. The number of ether oxygens (including phenoxy) is 2. The summed E-state index contributed by atoms with van der Waals surface area (Å²) >= 11 is 0. The van der Waals surface area contributed by atoms with Crippen molar-refractivity contribution in [1.29, 1.82) is 0 Å². The summed E-state index contributed by atoms with van der Waals surface area (Å²) in [6.45, 7) is 0.200. The van der Waals surface area contributed by atoms with Crippen LogP contribution in [0.3, 0.4) is 0 Å². The number of nitrogens with zero attached hydrogens (tertiary/aromatic N) is 1. The first-order valence-electron chi connectivity index (χ1n) is 7.15. The quantitative estimate of drug-likeness (QED) is 0.622. The van der Waals surface area contributed by atoms with Crippen molar-refractivity contribution >= 4 is 23.8 Å². The predicted molar refractivity (Wildman–Crippen MR) is 82.2 cm³/mol. The normalized spacial score (nSPS) is 9.75. The summed E-state index contributed by atoms with van der Waals surface area (Å²) in [5.74, 6) is -1.91. The number of hydrogen-bond donors (Lipinski definition) is 2. The van der Waals surface area contributed by atoms with Crippen molar-refractivity contribution in [3.05, 3.63) is 29.6 Å². The topological polar surface area (TPSA) is 124 Å². The van der Waals surface area contributed by atoms with Crippen LogP contribution in [0.1, 0.15) is 33.8 Å². The Kier molecular flexibility index (Phi) is 7.89. The first kappa shape index (κ1) is 19.1. The van der Waals surface area contributed by atoms with E-state index in [2.05, 4.69) is 25.1 Å². The van der Waals surface area contributed by atoms with Crippen LogP contribution in [0.2, 0.25) is 0 Å². The van der Waals surface area contributed by atoms with Gasteiger partial charge in [-0.05, 0) is 12.1 Å². The maximum absolute atomic E-state index is 11.9. The summed E-state index contributed by atoms with van der Waals surface area (Å²) in [7, 11) is 2.52. The second kappa shape index (κ2) is 9.93. The number of carbonyl (C=O) groups excluding carboxylic acids is 4. The molecule has 0 aliphatic carbocycles. The van der Waals surface area contributed by atoms with E-state index < -0.39 is 23.8 Å². The number of hydrogen-bond acceptors (Lipinski definition) is 7. The van der Waals surface area contributed by atoms with Gasteiger partial charge in [-0.2, -0.15) is 0 Å². The van der Waals surface area contributed by atoms with Crippen molar-refractivity contribution in [2.45, 2.75) is 12.8 Å². The van der Waals surface area contributed by atoms with Crippen LogP contribution in [0.25, 0.3) is 0 Å². The SMILES string of the molecule is COC(=O)CCNC(=O)c1cccc(C(=O)NCCC(=O)OC)n1. The standard InChI is InChI=1S/C15H19N3O6/c1-23-12(19)6-8-16-14(21)10-4-3-5-11(18-10)15(22)17-9-7-13(20)24-2/h3-5H,6-9H2,1-2H3,(H,16,21)(H,17,22). The molecule has 0 bridgehead atoms. The lowest BCUT2D eigenvalue weighted by atomic mass is 10.2. The van der Waals surface area contributed by atoms with Crippen LogP contribution in [-0.4, -0.2) is 56.0 Å². The van der Waals surface area contributed by atoms with Crippen molar-refractivity contribution in [2.24, 2.45) is 0 Å². The molecule has 130 valence electrons. The van der Waals surface area contributed by atoms with E-state index in [0.717, 1.165) is 0 Å². The van der Waals surface area contributed by atoms with E-state index in [1.54, 1.807) is 0 Å². The Morgan fingerprint density at radius 1 is 0.875 bits per heavy atom. The monoisotopic (exact) mass is 337 g/mol. The summed E-state index contributed by atoms with van der Waals surface area (Å²) in [5.41, 5.74) is 0.0842. The van der Waals surface area contributed by atoms with Crippen molar-refractivity contribution < 1.29 is 28.7 Å². The molecule has 9 heteroatoms. The molecule has 0 atom stereocenters. The zero-order valence-electron chi connectivity index (χ0n) is 13.5. The Hall–Kier alpha value is -2.97. The van der Waals surface area contributed by atoms with E-state index >= 15 is 0 Å². The van der Waals surface area contributed by atoms with Crippen LogP contribution in [-0.2, 0) is 19.1 Å². The highest BCUT2D eigenvalue weighted by atomic mass is 16.5. The third-order valence-electron chi connectivity index (χ3n) is 2.90. The van der Waals surface area contributed by atoms with Gasteiger partial charge in [0.1, 0.15) is 11.4 Å². The molecule has 1 rings (SSSR count). The molecule has 1 aromatic rings. The van der Waals surface area contributed by atoms with Crippen LogP contribution in [0.4, 0.5) is 0 Å². The Bertz CT molecular complexity index is 568. The fraction of sp³-hybridized carbons (Fsp3) is 0.400. The van der Waals surface area contributed by atoms with E-state index in [-0.39, 0.29) is 37.3 Å². The average molecular weight is 337 g/mol. The molecule has 2 N–H and O–H groups in total. The number of pyridine rings is 1. The summed E-state index contributed by atoms with van der Waals surface area (Å²) in [6.07, 6.45) is 0.0753. The summed E-state index contributed by atoms with van der Waals surface area (Å²) in [5, 5.41) is 5.00. The number of carbonyl (C=O) groups is 4. The van der Waals surface area contributed by atoms with Gasteiger partial charge in [0, 0.05) is 13.1 Å². The Morgan fingerprint density at radius 2 is 1.29 bits per heavy atom. The van der Waals surface area contributed by atoms with Gasteiger partial charge in [-0.3, -0.25) is 19.2 Å². The zero-order valence-corrected chi connectivity index (χ0v) is 13.5. The molecule has 2 amide bonds. The second-order valence-corrected chi connectivity index (χ2v) is 4.57. The minimum atomic E-state index is -0.511. The van der Waals surface area contributed by atoms with E-state index in [4.69, 9.17) is 0 Å². The maximum Gasteiger partial charge on any atom is 0.307 e. The Morgan fingerprint density at radius 3 is 1.67 bits per heavy atom. The lowest BCUT2D eigenvalue weighted by Crippen LogP contribution is -2.30. The summed E-state index contributed by atoms with van der Waals surface area (Å²) in [4.78, 5) is 49.7. The molecule has 0 radical (unpaired) electrons. The van der Waals surface area contributed by atoms with E-state index in [9.17, 15) is 19.2 Å². The lowest BCUT2D eigenvalue weighted by Gasteiger charge is -2.07. The highest BCUT2D eigenvalue weighted by molar-refractivity contribution is 5.96. The van der Waals surface area contributed by atoms with Crippen LogP contribution < -0.4 is 10.6 Å². The number of amides is 2. The van der Waals surface area contributed by atoms with Gasteiger partial charge < -0.3 is 20.1 Å². The molecule has 0 aliphatic rings. The number of rotatable bonds is 8. The lowest BCUT2D eigenvalue weighted by molar-refractivity contribution is -0.141. The molecule has 0 aliphatic heterocycles. The van der Waals surface area contributed by atoms with Gasteiger partial charge in [0.05, 0.1) is 27.1 Å². The molecule has 9 nitrogen and oxygen atoms in total. The van der Waals surface area contributed by atoms with Gasteiger partial charge >= 0.3 is 11.9 Å². The zero-order chi connectivity index (χ0) is 17.9. The molecular formula is C15H19N3O6. The van der Waals surface area contributed by atoms with Gasteiger partial charge in [-0.15, -0.1) is 0 Å². The highest BCUT2D eigenvalue weighted by Crippen LogP contribution is 2.00. The number of esters is 2. The van der Waals surface area contributed by atoms with Crippen LogP contribution >= 0.6 is 0 Å². The van der Waals surface area contributed by atoms with Crippen molar-refractivity contribution in [2.75, 3.05) is 27.3 Å². The second-order valence-electron chi connectivity index (χ2n) is 4.57. The molecule has 0 saturated heterocycles. The molecule has 1 aromatic heterocycles. The highest BCUT2D eigenvalue weighted by Gasteiger charge is 2.13. The van der Waals surface area contributed by atoms with Crippen molar-refractivity contribution in [3.8, 4) is 0 Å². The van der Waals surface area contributed by atoms with Crippen molar-refractivity contribution in [1.82, 2.24) is 15.6 Å². The van der Waals surface area contributed by atoms with E-state index in [1.807, 2.05) is 0 Å². The maximum atomic E-state index is 11.9. The molecule has 0 saturated carbocycles. The van der Waals surface area contributed by atoms with Gasteiger partial charge in [0.25, 0.3) is 11.8 Å². The van der Waals surface area contributed by atoms with Gasteiger partial charge in [-0.25, -0.2) is 4.98 Å². The van der Waals surface area contributed by atoms with Crippen LogP contribution in [0.5, 0.6) is 0 Å². The van der Waals surface area contributed by atoms with Gasteiger partial charge in [0.15, 0.2) is 0 Å².